The van der Waals surface area contributed by atoms with E-state index < -0.39 is 0 Å². The topological polar surface area (TPSA) is 81.1 Å². The molecule has 1 amide bonds. The van der Waals surface area contributed by atoms with Gasteiger partial charge < -0.3 is 4.74 Å². The molecule has 178 valence electrons. The number of hydrogen-bond donors (Lipinski definition) is 2. The minimum Gasteiger partial charge on any atom is -0.489 e. The van der Waals surface area contributed by atoms with Crippen LogP contribution in [0.15, 0.2) is 90.1 Å². The van der Waals surface area contributed by atoms with Gasteiger partial charge in [0.05, 0.1) is 0 Å². The molecule has 35 heavy (non-hydrogen) atoms. The lowest BCUT2D eigenvalue weighted by Gasteiger charge is -2.14. The van der Waals surface area contributed by atoms with Crippen LogP contribution in [-0.4, -0.2) is 25.9 Å². The molecule has 1 aromatic heterocycles. The van der Waals surface area contributed by atoms with Crippen molar-refractivity contribution in [1.82, 2.24) is 20.2 Å². The molecule has 7 nitrogen and oxygen atoms in total. The van der Waals surface area contributed by atoms with Crippen LogP contribution in [-0.2, 0) is 18.8 Å². The van der Waals surface area contributed by atoms with E-state index in [1.807, 2.05) is 61.5 Å². The van der Waals surface area contributed by atoms with Crippen molar-refractivity contribution in [3.8, 4) is 5.75 Å². The molecule has 0 bridgehead atoms. The average molecular weight is 504 g/mol. The molecule has 4 rings (SSSR count). The van der Waals surface area contributed by atoms with Crippen molar-refractivity contribution in [2.45, 2.75) is 30.9 Å². The molecule has 0 saturated heterocycles. The Labute approximate surface area is 213 Å². The third-order valence-electron chi connectivity index (χ3n) is 5.01. The van der Waals surface area contributed by atoms with Gasteiger partial charge in [0.2, 0.25) is 5.16 Å². The van der Waals surface area contributed by atoms with Crippen LogP contribution in [0.3, 0.4) is 0 Å². The van der Waals surface area contributed by atoms with Crippen LogP contribution >= 0.6 is 24.0 Å². The highest BCUT2D eigenvalue weighted by molar-refractivity contribution is 7.98. The van der Waals surface area contributed by atoms with E-state index in [0.717, 1.165) is 11.3 Å². The SMILES string of the molecule is CCc1nnc(SCc2ccccc2)n1NC(=S)NC(=O)c1cccc(OCc2ccccc2)c1. The van der Waals surface area contributed by atoms with E-state index in [1.54, 1.807) is 22.9 Å². The number of carbonyl (C=O) groups excluding carboxylic acids is 1. The number of thioether (sulfide) groups is 1. The highest BCUT2D eigenvalue weighted by Gasteiger charge is 2.15. The molecule has 0 saturated carbocycles. The van der Waals surface area contributed by atoms with Gasteiger partial charge in [-0.05, 0) is 41.5 Å². The number of rotatable bonds is 9. The van der Waals surface area contributed by atoms with Gasteiger partial charge in [0.15, 0.2) is 10.9 Å². The number of aromatic nitrogens is 3. The van der Waals surface area contributed by atoms with Crippen molar-refractivity contribution in [3.05, 3.63) is 107 Å². The second-order valence-corrected chi connectivity index (χ2v) is 8.91. The quantitative estimate of drug-likeness (QED) is 0.247. The van der Waals surface area contributed by atoms with Gasteiger partial charge in [0.1, 0.15) is 12.4 Å². The standard InChI is InChI=1S/C26H25N5O2S2/c1-2-23-28-29-26(35-18-20-12-7-4-8-13-20)31(23)30-25(34)27-24(32)21-14-9-15-22(16-21)33-17-19-10-5-3-6-11-19/h3-16H,2,17-18H2,1H3,(H2,27,30,32,34). The number of nitrogens with one attached hydrogen (secondary N) is 2. The zero-order valence-electron chi connectivity index (χ0n) is 19.2. The molecule has 2 N–H and O–H groups in total. The maximum atomic E-state index is 12.8. The van der Waals surface area contributed by atoms with Crippen molar-refractivity contribution in [3.63, 3.8) is 0 Å². The molecule has 0 aliphatic heterocycles. The number of thiocarbonyl (C=S) groups is 1. The first-order valence-corrected chi connectivity index (χ1v) is 12.5. The second-order valence-electron chi connectivity index (χ2n) is 7.56. The fourth-order valence-electron chi connectivity index (χ4n) is 3.23. The van der Waals surface area contributed by atoms with Crippen molar-refractivity contribution in [2.24, 2.45) is 0 Å². The molecule has 9 heteroatoms. The van der Waals surface area contributed by atoms with Gasteiger partial charge in [-0.2, -0.15) is 0 Å². The third-order valence-corrected chi connectivity index (χ3v) is 6.21. The van der Waals surface area contributed by atoms with Gasteiger partial charge in [0.25, 0.3) is 5.91 Å². The third kappa shape index (κ3) is 6.91. The van der Waals surface area contributed by atoms with Crippen LogP contribution in [0.1, 0.15) is 34.2 Å². The summed E-state index contributed by atoms with van der Waals surface area (Å²) in [6.45, 7) is 2.40. The Morgan fingerprint density at radius 1 is 0.971 bits per heavy atom. The van der Waals surface area contributed by atoms with E-state index in [-0.39, 0.29) is 11.0 Å². The summed E-state index contributed by atoms with van der Waals surface area (Å²) in [5, 5.41) is 12.1. The number of ether oxygens (including phenoxy) is 1. The van der Waals surface area contributed by atoms with Gasteiger partial charge in [-0.15, -0.1) is 10.2 Å². The summed E-state index contributed by atoms with van der Waals surface area (Å²) >= 11 is 6.95. The summed E-state index contributed by atoms with van der Waals surface area (Å²) in [5.41, 5.74) is 5.72. The number of nitrogens with zero attached hydrogens (tertiary/aromatic N) is 3. The first kappa shape index (κ1) is 24.4. The van der Waals surface area contributed by atoms with E-state index in [9.17, 15) is 4.79 Å². The molecule has 0 unspecified atom stereocenters. The van der Waals surface area contributed by atoms with Gasteiger partial charge >= 0.3 is 0 Å². The fourth-order valence-corrected chi connectivity index (χ4v) is 4.28. The predicted octanol–water partition coefficient (Wildman–Crippen LogP) is 4.97. The molecule has 0 spiro atoms. The largest absolute Gasteiger partial charge is 0.489 e. The van der Waals surface area contributed by atoms with E-state index >= 15 is 0 Å². The molecular formula is C26H25N5O2S2. The summed E-state index contributed by atoms with van der Waals surface area (Å²) in [4.78, 5) is 12.8. The number of amides is 1. The molecule has 0 fully saturated rings. The summed E-state index contributed by atoms with van der Waals surface area (Å²) < 4.78 is 7.55. The number of carbonyl (C=O) groups is 1. The molecule has 3 aromatic carbocycles. The van der Waals surface area contributed by atoms with Crippen LogP contribution in [0, 0.1) is 0 Å². The fraction of sp³-hybridized carbons (Fsp3) is 0.154. The summed E-state index contributed by atoms with van der Waals surface area (Å²) in [6, 6.07) is 27.0. The number of hydrogen-bond acceptors (Lipinski definition) is 6. The smallest absolute Gasteiger partial charge is 0.257 e. The first-order chi connectivity index (χ1) is 17.1. The van der Waals surface area contributed by atoms with Crippen molar-refractivity contribution < 1.29 is 9.53 Å². The predicted molar refractivity (Wildman–Crippen MR) is 142 cm³/mol. The Balaban J connectivity index is 1.37. The lowest BCUT2D eigenvalue weighted by atomic mass is 10.2. The zero-order valence-corrected chi connectivity index (χ0v) is 20.8. The second kappa shape index (κ2) is 12.1. The van der Waals surface area contributed by atoms with Gasteiger partial charge in [-0.25, -0.2) is 4.68 Å². The van der Waals surface area contributed by atoms with Crippen molar-refractivity contribution in [1.29, 1.82) is 0 Å². The lowest BCUT2D eigenvalue weighted by Crippen LogP contribution is -2.38. The van der Waals surface area contributed by atoms with Gasteiger partial charge in [-0.1, -0.05) is 85.4 Å². The van der Waals surface area contributed by atoms with Gasteiger partial charge in [-0.3, -0.25) is 15.5 Å². The van der Waals surface area contributed by atoms with Crippen LogP contribution in [0.5, 0.6) is 5.75 Å². The van der Waals surface area contributed by atoms with E-state index in [4.69, 9.17) is 17.0 Å². The normalized spacial score (nSPS) is 10.5. The maximum absolute atomic E-state index is 12.8. The maximum Gasteiger partial charge on any atom is 0.257 e. The Kier molecular flexibility index (Phi) is 8.48. The Morgan fingerprint density at radius 2 is 1.69 bits per heavy atom. The lowest BCUT2D eigenvalue weighted by molar-refractivity contribution is 0.0977. The highest BCUT2D eigenvalue weighted by Crippen LogP contribution is 2.21. The molecule has 0 radical (unpaired) electrons. The Bertz CT molecular complexity index is 1280. The monoisotopic (exact) mass is 503 g/mol. The number of benzene rings is 3. The summed E-state index contributed by atoms with van der Waals surface area (Å²) in [6.07, 6.45) is 0.656. The molecule has 0 atom stereocenters. The van der Waals surface area contributed by atoms with E-state index in [0.29, 0.717) is 35.3 Å². The molecule has 4 aromatic rings. The average Bonchev–Trinajstić information content (AvgIpc) is 3.28. The minimum atomic E-state index is -0.336. The van der Waals surface area contributed by atoms with Crippen LogP contribution < -0.4 is 15.5 Å². The zero-order chi connectivity index (χ0) is 24.5. The highest BCUT2D eigenvalue weighted by atomic mass is 32.2. The summed E-state index contributed by atoms with van der Waals surface area (Å²) in [5.74, 6) is 1.72. The van der Waals surface area contributed by atoms with Crippen LogP contribution in [0.25, 0.3) is 0 Å². The van der Waals surface area contributed by atoms with Crippen molar-refractivity contribution >= 4 is 35.0 Å². The minimum absolute atomic E-state index is 0.154. The van der Waals surface area contributed by atoms with Crippen molar-refractivity contribution in [2.75, 3.05) is 5.43 Å². The molecular weight excluding hydrogens is 478 g/mol. The Morgan fingerprint density at radius 3 is 2.40 bits per heavy atom. The van der Waals surface area contributed by atoms with E-state index in [2.05, 4.69) is 33.1 Å². The van der Waals surface area contributed by atoms with Crippen LogP contribution in [0.4, 0.5) is 0 Å². The van der Waals surface area contributed by atoms with E-state index in [1.165, 1.54) is 17.3 Å². The van der Waals surface area contributed by atoms with Gasteiger partial charge in [0, 0.05) is 17.7 Å². The molecule has 0 aliphatic rings. The molecule has 1 heterocycles. The molecule has 0 aliphatic carbocycles. The van der Waals surface area contributed by atoms with Crippen LogP contribution in [0.2, 0.25) is 0 Å². The first-order valence-electron chi connectivity index (χ1n) is 11.1. The number of aryl methyl sites for hydroxylation is 1. The Hall–Kier alpha value is -3.69. The summed E-state index contributed by atoms with van der Waals surface area (Å²) in [7, 11) is 0.